The Morgan fingerprint density at radius 3 is 3.00 bits per heavy atom. The Morgan fingerprint density at radius 1 is 1.47 bits per heavy atom. The maximum Gasteiger partial charge on any atom is 0.0954 e. The van der Waals surface area contributed by atoms with E-state index < -0.39 is 0 Å². The number of nitrogens with one attached hydrogen (secondary N) is 1. The van der Waals surface area contributed by atoms with E-state index in [-0.39, 0.29) is 0 Å². The number of nitrogens with zero attached hydrogens (tertiary/aromatic N) is 1. The van der Waals surface area contributed by atoms with Gasteiger partial charge in [-0.2, -0.15) is 0 Å². The van der Waals surface area contributed by atoms with Crippen LogP contribution in [0.3, 0.4) is 0 Å². The van der Waals surface area contributed by atoms with Crippen LogP contribution in [0, 0.1) is 5.92 Å². The fourth-order valence-corrected chi connectivity index (χ4v) is 2.32. The minimum Gasteiger partial charge on any atom is -0.398 e. The lowest BCUT2D eigenvalue weighted by Crippen LogP contribution is -2.16. The molecular formula is C14H18BrN3O. The quantitative estimate of drug-likeness (QED) is 0.829. The normalized spacial score (nSPS) is 12.6. The molecule has 0 saturated carbocycles. The summed E-state index contributed by atoms with van der Waals surface area (Å²) in [4.78, 5) is 4.44. The van der Waals surface area contributed by atoms with Crippen LogP contribution < -0.4 is 11.1 Å². The first-order valence-electron chi connectivity index (χ1n) is 6.18. The van der Waals surface area contributed by atoms with E-state index in [0.29, 0.717) is 5.92 Å². The van der Waals surface area contributed by atoms with Crippen molar-refractivity contribution < 1.29 is 4.74 Å². The zero-order valence-electron chi connectivity index (χ0n) is 11.1. The van der Waals surface area contributed by atoms with Crippen LogP contribution in [-0.4, -0.2) is 25.2 Å². The van der Waals surface area contributed by atoms with Gasteiger partial charge in [0.25, 0.3) is 0 Å². The number of fused-ring (bicyclic) bond motifs is 1. The molecule has 0 aliphatic heterocycles. The van der Waals surface area contributed by atoms with E-state index in [4.69, 9.17) is 10.5 Å². The molecule has 1 unspecified atom stereocenters. The van der Waals surface area contributed by atoms with E-state index in [2.05, 4.69) is 33.2 Å². The van der Waals surface area contributed by atoms with Gasteiger partial charge in [0.2, 0.25) is 0 Å². The van der Waals surface area contributed by atoms with Crippen molar-refractivity contribution in [1.82, 2.24) is 4.98 Å². The lowest BCUT2D eigenvalue weighted by Gasteiger charge is -2.14. The Bertz CT molecular complexity index is 574. The molecule has 102 valence electrons. The summed E-state index contributed by atoms with van der Waals surface area (Å²) >= 11 is 3.42. The molecule has 5 heteroatoms. The molecule has 2 rings (SSSR count). The van der Waals surface area contributed by atoms with E-state index in [1.54, 1.807) is 13.3 Å². The van der Waals surface area contributed by atoms with Crippen molar-refractivity contribution in [2.24, 2.45) is 5.92 Å². The highest BCUT2D eigenvalue weighted by molar-refractivity contribution is 9.10. The Balaban J connectivity index is 2.26. The first-order valence-corrected chi connectivity index (χ1v) is 6.97. The summed E-state index contributed by atoms with van der Waals surface area (Å²) in [6.45, 7) is 3.71. The highest BCUT2D eigenvalue weighted by Gasteiger charge is 2.07. The van der Waals surface area contributed by atoms with Gasteiger partial charge in [0.05, 0.1) is 17.8 Å². The van der Waals surface area contributed by atoms with E-state index in [0.717, 1.165) is 39.9 Å². The van der Waals surface area contributed by atoms with Crippen LogP contribution in [0.2, 0.25) is 0 Å². The Labute approximate surface area is 121 Å². The number of hydrogen-bond donors (Lipinski definition) is 2. The molecule has 1 atom stereocenters. The first kappa shape index (κ1) is 14.1. The number of methoxy groups -OCH3 is 1. The van der Waals surface area contributed by atoms with E-state index in [1.165, 1.54) is 0 Å². The van der Waals surface area contributed by atoms with E-state index >= 15 is 0 Å². The van der Waals surface area contributed by atoms with Crippen molar-refractivity contribution >= 4 is 38.2 Å². The van der Waals surface area contributed by atoms with Crippen LogP contribution in [-0.2, 0) is 4.74 Å². The van der Waals surface area contributed by atoms with Gasteiger partial charge >= 0.3 is 0 Å². The van der Waals surface area contributed by atoms with Gasteiger partial charge in [0, 0.05) is 35.4 Å². The van der Waals surface area contributed by atoms with Crippen LogP contribution in [0.5, 0.6) is 0 Å². The van der Waals surface area contributed by atoms with Crippen molar-refractivity contribution in [1.29, 1.82) is 0 Å². The van der Waals surface area contributed by atoms with Crippen LogP contribution in [0.15, 0.2) is 28.9 Å². The van der Waals surface area contributed by atoms with Gasteiger partial charge in [0.15, 0.2) is 0 Å². The average molecular weight is 324 g/mol. The maximum atomic E-state index is 5.99. The molecule has 0 spiro atoms. The number of ether oxygens (including phenoxy) is 1. The van der Waals surface area contributed by atoms with Crippen molar-refractivity contribution in [3.05, 3.63) is 28.9 Å². The zero-order valence-corrected chi connectivity index (χ0v) is 12.7. The predicted octanol–water partition coefficient (Wildman–Crippen LogP) is 3.27. The smallest absolute Gasteiger partial charge is 0.0954 e. The average Bonchev–Trinajstić information content (AvgIpc) is 2.39. The number of rotatable bonds is 5. The lowest BCUT2D eigenvalue weighted by molar-refractivity contribution is 0.164. The van der Waals surface area contributed by atoms with Gasteiger partial charge in [-0.3, -0.25) is 4.98 Å². The summed E-state index contributed by atoms with van der Waals surface area (Å²) in [6, 6.07) is 5.86. The van der Waals surface area contributed by atoms with Gasteiger partial charge in [-0.15, -0.1) is 0 Å². The third-order valence-electron chi connectivity index (χ3n) is 2.94. The number of pyridine rings is 1. The number of anilines is 2. The number of benzene rings is 1. The summed E-state index contributed by atoms with van der Waals surface area (Å²) in [6.07, 6.45) is 1.78. The van der Waals surface area contributed by atoms with Crippen molar-refractivity contribution in [3.8, 4) is 0 Å². The standard InChI is InChI=1S/C14H18BrN3O/c1-9(8-19-2)6-17-13-4-3-12(16)11-5-10(15)7-18-14(11)13/h3-5,7,9,17H,6,8,16H2,1-2H3. The van der Waals surface area contributed by atoms with E-state index in [1.807, 2.05) is 18.2 Å². The molecule has 19 heavy (non-hydrogen) atoms. The van der Waals surface area contributed by atoms with Crippen LogP contribution in [0.1, 0.15) is 6.92 Å². The lowest BCUT2D eigenvalue weighted by atomic mass is 10.1. The van der Waals surface area contributed by atoms with E-state index in [9.17, 15) is 0 Å². The Hall–Kier alpha value is -1.33. The number of hydrogen-bond acceptors (Lipinski definition) is 4. The monoisotopic (exact) mass is 323 g/mol. The molecule has 0 aliphatic carbocycles. The third-order valence-corrected chi connectivity index (χ3v) is 3.38. The molecule has 0 aliphatic rings. The molecule has 0 bridgehead atoms. The Morgan fingerprint density at radius 2 is 2.26 bits per heavy atom. The van der Waals surface area contributed by atoms with Crippen LogP contribution >= 0.6 is 15.9 Å². The van der Waals surface area contributed by atoms with Crippen molar-refractivity contribution in [2.45, 2.75) is 6.92 Å². The fraction of sp³-hybridized carbons (Fsp3) is 0.357. The minimum absolute atomic E-state index is 0.438. The Kier molecular flexibility index (Phi) is 4.61. The third kappa shape index (κ3) is 3.36. The van der Waals surface area contributed by atoms with Crippen molar-refractivity contribution in [2.75, 3.05) is 31.3 Å². The molecule has 1 aromatic heterocycles. The highest BCUT2D eigenvalue weighted by Crippen LogP contribution is 2.28. The molecule has 3 N–H and O–H groups in total. The topological polar surface area (TPSA) is 60.2 Å². The van der Waals surface area contributed by atoms with Gasteiger partial charge in [-0.05, 0) is 40.0 Å². The maximum absolute atomic E-state index is 5.99. The summed E-state index contributed by atoms with van der Waals surface area (Å²) in [5.74, 6) is 0.438. The number of nitrogens with two attached hydrogens (primary N) is 1. The molecule has 0 fully saturated rings. The molecule has 0 saturated heterocycles. The molecule has 0 amide bonds. The van der Waals surface area contributed by atoms with Gasteiger partial charge in [-0.1, -0.05) is 6.92 Å². The molecule has 0 radical (unpaired) electrons. The van der Waals surface area contributed by atoms with Gasteiger partial charge < -0.3 is 15.8 Å². The van der Waals surface area contributed by atoms with Gasteiger partial charge in [-0.25, -0.2) is 0 Å². The molecule has 2 aromatic rings. The second-order valence-electron chi connectivity index (χ2n) is 4.69. The second kappa shape index (κ2) is 6.21. The largest absolute Gasteiger partial charge is 0.398 e. The second-order valence-corrected chi connectivity index (χ2v) is 5.61. The summed E-state index contributed by atoms with van der Waals surface area (Å²) in [5, 5.41) is 4.36. The van der Waals surface area contributed by atoms with Gasteiger partial charge in [0.1, 0.15) is 0 Å². The number of aromatic nitrogens is 1. The SMILES string of the molecule is COCC(C)CNc1ccc(N)c2cc(Br)cnc12. The summed E-state index contributed by atoms with van der Waals surface area (Å²) in [5.41, 5.74) is 8.62. The number of halogens is 1. The predicted molar refractivity (Wildman–Crippen MR) is 83.4 cm³/mol. The summed E-state index contributed by atoms with van der Waals surface area (Å²) in [7, 11) is 1.72. The zero-order chi connectivity index (χ0) is 13.8. The van der Waals surface area contributed by atoms with Crippen LogP contribution in [0.25, 0.3) is 10.9 Å². The van der Waals surface area contributed by atoms with Crippen LogP contribution in [0.4, 0.5) is 11.4 Å². The molecular weight excluding hydrogens is 306 g/mol. The highest BCUT2D eigenvalue weighted by atomic mass is 79.9. The molecule has 4 nitrogen and oxygen atoms in total. The summed E-state index contributed by atoms with van der Waals surface area (Å²) < 4.78 is 6.06. The van der Waals surface area contributed by atoms with Crippen molar-refractivity contribution in [3.63, 3.8) is 0 Å². The fourth-order valence-electron chi connectivity index (χ4n) is 1.99. The molecule has 1 heterocycles. The first-order chi connectivity index (χ1) is 9.11. The number of nitrogen functional groups attached to an aromatic ring is 1. The minimum atomic E-state index is 0.438. The molecule has 1 aromatic carbocycles.